The van der Waals surface area contributed by atoms with E-state index in [1.54, 1.807) is 0 Å². The molecule has 1 aliphatic rings. The van der Waals surface area contributed by atoms with Crippen LogP contribution in [0.5, 0.6) is 0 Å². The molecule has 1 aliphatic carbocycles. The van der Waals surface area contributed by atoms with E-state index in [2.05, 4.69) is 34.4 Å². The third-order valence-corrected chi connectivity index (χ3v) is 2.63. The number of nitrogens with one attached hydrogen (secondary N) is 2. The monoisotopic (exact) mass is 206 g/mol. The van der Waals surface area contributed by atoms with Gasteiger partial charge in [0, 0.05) is 18.2 Å². The Morgan fingerprint density at radius 3 is 2.60 bits per heavy atom. The van der Waals surface area contributed by atoms with Gasteiger partial charge in [0.1, 0.15) is 17.5 Å². The maximum Gasteiger partial charge on any atom is 0.132 e. The number of hydrogen-bond donors (Lipinski definition) is 2. The molecule has 4 heteroatoms. The van der Waals surface area contributed by atoms with Crippen molar-refractivity contribution in [1.82, 2.24) is 9.97 Å². The Balaban J connectivity index is 2.15. The minimum absolute atomic E-state index is 0.268. The van der Waals surface area contributed by atoms with Crippen LogP contribution >= 0.6 is 0 Å². The molecule has 1 heterocycles. The van der Waals surface area contributed by atoms with E-state index in [0.717, 1.165) is 24.0 Å². The fourth-order valence-electron chi connectivity index (χ4n) is 1.53. The molecule has 0 unspecified atom stereocenters. The quantitative estimate of drug-likeness (QED) is 0.792. The van der Waals surface area contributed by atoms with Crippen molar-refractivity contribution in [1.29, 1.82) is 0 Å². The highest BCUT2D eigenvalue weighted by Crippen LogP contribution is 2.37. The van der Waals surface area contributed by atoms with Crippen LogP contribution in [0, 0.1) is 6.92 Å². The number of aromatic nitrogens is 2. The first kappa shape index (κ1) is 10.2. The highest BCUT2D eigenvalue weighted by Gasteiger charge is 2.37. The number of nitrogens with zero attached hydrogens (tertiary/aromatic N) is 2. The van der Waals surface area contributed by atoms with Crippen LogP contribution in [0.25, 0.3) is 0 Å². The van der Waals surface area contributed by atoms with E-state index in [1.807, 2.05) is 13.0 Å². The third-order valence-electron chi connectivity index (χ3n) is 2.63. The summed E-state index contributed by atoms with van der Waals surface area (Å²) in [5.74, 6) is 2.63. The molecule has 0 aromatic carbocycles. The van der Waals surface area contributed by atoms with Gasteiger partial charge in [0.05, 0.1) is 0 Å². The van der Waals surface area contributed by atoms with Crippen LogP contribution in [0.4, 0.5) is 11.6 Å². The van der Waals surface area contributed by atoms with Gasteiger partial charge < -0.3 is 10.6 Å². The lowest BCUT2D eigenvalue weighted by molar-refractivity contribution is 0.816. The number of rotatable bonds is 4. The summed E-state index contributed by atoms with van der Waals surface area (Å²) < 4.78 is 0. The van der Waals surface area contributed by atoms with Gasteiger partial charge in [0.25, 0.3) is 0 Å². The number of hydrogen-bond acceptors (Lipinski definition) is 4. The predicted octanol–water partition coefficient (Wildman–Crippen LogP) is 2.18. The van der Waals surface area contributed by atoms with E-state index >= 15 is 0 Å². The summed E-state index contributed by atoms with van der Waals surface area (Å²) in [4.78, 5) is 8.69. The molecule has 1 aromatic rings. The van der Waals surface area contributed by atoms with Crippen LogP contribution in [-0.4, -0.2) is 22.1 Å². The van der Waals surface area contributed by atoms with Crippen molar-refractivity contribution < 1.29 is 0 Å². The summed E-state index contributed by atoms with van der Waals surface area (Å²) in [6, 6.07) is 1.97. The maximum absolute atomic E-state index is 4.38. The summed E-state index contributed by atoms with van der Waals surface area (Å²) >= 11 is 0. The Hall–Kier alpha value is -1.32. The molecule has 1 fully saturated rings. The van der Waals surface area contributed by atoms with E-state index in [9.17, 15) is 0 Å². The first-order valence-corrected chi connectivity index (χ1v) is 5.49. The Labute approximate surface area is 90.5 Å². The Kier molecular flexibility index (Phi) is 2.50. The Morgan fingerprint density at radius 1 is 1.33 bits per heavy atom. The number of aryl methyl sites for hydroxylation is 1. The topological polar surface area (TPSA) is 49.8 Å². The normalized spacial score (nSPS) is 17.3. The lowest BCUT2D eigenvalue weighted by Crippen LogP contribution is -2.17. The van der Waals surface area contributed by atoms with Gasteiger partial charge in [0.15, 0.2) is 0 Å². The van der Waals surface area contributed by atoms with Crippen LogP contribution < -0.4 is 10.6 Å². The predicted molar refractivity (Wildman–Crippen MR) is 62.2 cm³/mol. The van der Waals surface area contributed by atoms with Crippen molar-refractivity contribution in [3.05, 3.63) is 11.9 Å². The van der Waals surface area contributed by atoms with Crippen molar-refractivity contribution in [2.75, 3.05) is 17.2 Å². The van der Waals surface area contributed by atoms with Crippen molar-refractivity contribution in [2.24, 2.45) is 0 Å². The van der Waals surface area contributed by atoms with Gasteiger partial charge in [-0.2, -0.15) is 0 Å². The molecule has 0 aliphatic heterocycles. The average Bonchev–Trinajstić information content (AvgIpc) is 2.82. The Bertz CT molecular complexity index is 358. The van der Waals surface area contributed by atoms with Crippen LogP contribution in [0.15, 0.2) is 6.07 Å². The first-order valence-electron chi connectivity index (χ1n) is 5.49. The molecule has 82 valence electrons. The summed E-state index contributed by atoms with van der Waals surface area (Å²) in [5, 5.41) is 6.64. The van der Waals surface area contributed by atoms with Crippen LogP contribution in [0.3, 0.4) is 0 Å². The molecule has 2 rings (SSSR count). The zero-order chi connectivity index (χ0) is 10.9. The molecule has 0 atom stereocenters. The SMILES string of the molecule is CCNc1cc(NC2(C)CC2)nc(C)n1. The second kappa shape index (κ2) is 3.68. The fraction of sp³-hybridized carbons (Fsp3) is 0.636. The largest absolute Gasteiger partial charge is 0.370 e. The number of anilines is 2. The summed E-state index contributed by atoms with van der Waals surface area (Å²) in [7, 11) is 0. The van der Waals surface area contributed by atoms with Crippen molar-refractivity contribution in [3.63, 3.8) is 0 Å². The minimum Gasteiger partial charge on any atom is -0.370 e. The average molecular weight is 206 g/mol. The van der Waals surface area contributed by atoms with E-state index in [0.29, 0.717) is 0 Å². The molecule has 15 heavy (non-hydrogen) atoms. The van der Waals surface area contributed by atoms with E-state index in [1.165, 1.54) is 12.8 Å². The Morgan fingerprint density at radius 2 is 2.00 bits per heavy atom. The van der Waals surface area contributed by atoms with Gasteiger partial charge >= 0.3 is 0 Å². The summed E-state index contributed by atoms with van der Waals surface area (Å²) in [6.45, 7) is 7.08. The van der Waals surface area contributed by atoms with Gasteiger partial charge in [-0.25, -0.2) is 9.97 Å². The van der Waals surface area contributed by atoms with Crippen LogP contribution in [0.2, 0.25) is 0 Å². The molecule has 0 spiro atoms. The molecular weight excluding hydrogens is 188 g/mol. The van der Waals surface area contributed by atoms with Crippen molar-refractivity contribution >= 4 is 11.6 Å². The molecular formula is C11H18N4. The first-order chi connectivity index (χ1) is 7.11. The zero-order valence-electron chi connectivity index (χ0n) is 9.59. The van der Waals surface area contributed by atoms with Gasteiger partial charge in [-0.05, 0) is 33.6 Å². The van der Waals surface area contributed by atoms with E-state index < -0.39 is 0 Å². The van der Waals surface area contributed by atoms with Gasteiger partial charge in [-0.3, -0.25) is 0 Å². The molecule has 0 radical (unpaired) electrons. The smallest absolute Gasteiger partial charge is 0.132 e. The van der Waals surface area contributed by atoms with E-state index in [-0.39, 0.29) is 5.54 Å². The van der Waals surface area contributed by atoms with Gasteiger partial charge in [-0.1, -0.05) is 0 Å². The molecule has 4 nitrogen and oxygen atoms in total. The standard InChI is InChI=1S/C11H18N4/c1-4-12-9-7-10(14-8(2)13-9)15-11(3)5-6-11/h7H,4-6H2,1-3H3,(H2,12,13,14,15). The highest BCUT2D eigenvalue weighted by atomic mass is 15.1. The van der Waals surface area contributed by atoms with Crippen molar-refractivity contribution in [3.8, 4) is 0 Å². The van der Waals surface area contributed by atoms with Crippen LogP contribution in [0.1, 0.15) is 32.5 Å². The molecule has 1 saturated carbocycles. The van der Waals surface area contributed by atoms with Gasteiger partial charge in [-0.15, -0.1) is 0 Å². The molecule has 2 N–H and O–H groups in total. The van der Waals surface area contributed by atoms with Crippen LogP contribution in [-0.2, 0) is 0 Å². The molecule has 0 amide bonds. The van der Waals surface area contributed by atoms with E-state index in [4.69, 9.17) is 0 Å². The minimum atomic E-state index is 0.268. The second-order valence-corrected chi connectivity index (χ2v) is 4.40. The maximum atomic E-state index is 4.38. The highest BCUT2D eigenvalue weighted by molar-refractivity contribution is 5.49. The zero-order valence-corrected chi connectivity index (χ0v) is 9.59. The fourth-order valence-corrected chi connectivity index (χ4v) is 1.53. The molecule has 0 bridgehead atoms. The third kappa shape index (κ3) is 2.58. The molecule has 1 aromatic heterocycles. The summed E-state index contributed by atoms with van der Waals surface area (Å²) in [5.41, 5.74) is 0.268. The summed E-state index contributed by atoms with van der Waals surface area (Å²) in [6.07, 6.45) is 2.46. The van der Waals surface area contributed by atoms with Crippen molar-refractivity contribution in [2.45, 2.75) is 39.2 Å². The molecule has 0 saturated heterocycles. The van der Waals surface area contributed by atoms with Gasteiger partial charge in [0.2, 0.25) is 0 Å². The lowest BCUT2D eigenvalue weighted by Gasteiger charge is -2.13. The second-order valence-electron chi connectivity index (χ2n) is 4.40. The lowest BCUT2D eigenvalue weighted by atomic mass is 10.3.